The summed E-state index contributed by atoms with van der Waals surface area (Å²) in [6.45, 7) is 0.365. The van der Waals surface area contributed by atoms with Crippen molar-refractivity contribution in [3.8, 4) is 17.2 Å². The van der Waals surface area contributed by atoms with E-state index in [9.17, 15) is 14.9 Å². The number of methoxy groups -OCH3 is 1. The second-order valence-electron chi connectivity index (χ2n) is 5.73. The number of amides is 1. The number of nitrogens with zero attached hydrogens (tertiary/aromatic N) is 1. The molecule has 1 heterocycles. The first-order valence-corrected chi connectivity index (χ1v) is 8.07. The minimum atomic E-state index is -0.528. The van der Waals surface area contributed by atoms with Crippen LogP contribution in [0.2, 0.25) is 0 Å². The molecule has 26 heavy (non-hydrogen) atoms. The molecule has 1 aliphatic heterocycles. The third-order valence-corrected chi connectivity index (χ3v) is 3.93. The van der Waals surface area contributed by atoms with Gasteiger partial charge in [-0.05, 0) is 24.6 Å². The van der Waals surface area contributed by atoms with E-state index in [0.717, 1.165) is 0 Å². The molecule has 0 aromatic heterocycles. The molecule has 3 rings (SSSR count). The number of para-hydroxylation sites is 2. The van der Waals surface area contributed by atoms with E-state index in [1.165, 1.54) is 25.3 Å². The topological polar surface area (TPSA) is 99.9 Å². The van der Waals surface area contributed by atoms with Gasteiger partial charge in [0.1, 0.15) is 18.5 Å². The molecular weight excluding hydrogens is 340 g/mol. The number of non-ortho nitro benzene ring substituents is 1. The molecule has 0 radical (unpaired) electrons. The highest BCUT2D eigenvalue weighted by Crippen LogP contribution is 2.32. The Bertz CT molecular complexity index is 823. The lowest BCUT2D eigenvalue weighted by molar-refractivity contribution is -0.384. The van der Waals surface area contributed by atoms with Crippen LogP contribution in [0.5, 0.6) is 17.2 Å². The predicted octanol–water partition coefficient (Wildman–Crippen LogP) is 3.16. The van der Waals surface area contributed by atoms with Crippen LogP contribution in [0.1, 0.15) is 12.8 Å². The lowest BCUT2D eigenvalue weighted by Crippen LogP contribution is -2.30. The van der Waals surface area contributed by atoms with Gasteiger partial charge in [0, 0.05) is 18.6 Å². The van der Waals surface area contributed by atoms with Crippen molar-refractivity contribution in [1.82, 2.24) is 0 Å². The van der Waals surface area contributed by atoms with Crippen LogP contribution in [0.15, 0.2) is 42.5 Å². The standard InChI is InChI=1S/C18H18N2O6/c1-24-15-8-6-12(20(22)23)10-14(15)19-18(21)9-7-13-11-25-16-4-2-3-5-17(16)26-13/h2-6,8,10,13H,7,9,11H2,1H3,(H,19,21). The summed E-state index contributed by atoms with van der Waals surface area (Å²) in [5.74, 6) is 1.42. The highest BCUT2D eigenvalue weighted by molar-refractivity contribution is 5.92. The van der Waals surface area contributed by atoms with Crippen LogP contribution in [-0.2, 0) is 4.79 Å². The molecule has 136 valence electrons. The van der Waals surface area contributed by atoms with Gasteiger partial charge in [0.05, 0.1) is 17.7 Å². The highest BCUT2D eigenvalue weighted by Gasteiger charge is 2.22. The number of anilines is 1. The summed E-state index contributed by atoms with van der Waals surface area (Å²) in [5.41, 5.74) is 0.138. The molecule has 1 aliphatic rings. The second-order valence-corrected chi connectivity index (χ2v) is 5.73. The first-order valence-electron chi connectivity index (χ1n) is 8.07. The molecule has 0 saturated heterocycles. The van der Waals surface area contributed by atoms with Crippen molar-refractivity contribution >= 4 is 17.3 Å². The van der Waals surface area contributed by atoms with Crippen LogP contribution in [0.3, 0.4) is 0 Å². The molecule has 2 aromatic carbocycles. The maximum Gasteiger partial charge on any atom is 0.271 e. The van der Waals surface area contributed by atoms with Gasteiger partial charge in [0.2, 0.25) is 5.91 Å². The van der Waals surface area contributed by atoms with E-state index in [4.69, 9.17) is 14.2 Å². The van der Waals surface area contributed by atoms with E-state index in [0.29, 0.717) is 30.3 Å². The van der Waals surface area contributed by atoms with Gasteiger partial charge in [-0.3, -0.25) is 14.9 Å². The Morgan fingerprint density at radius 1 is 1.31 bits per heavy atom. The van der Waals surface area contributed by atoms with E-state index < -0.39 is 4.92 Å². The summed E-state index contributed by atoms with van der Waals surface area (Å²) in [5, 5.41) is 13.5. The number of hydrogen-bond acceptors (Lipinski definition) is 6. The zero-order valence-electron chi connectivity index (χ0n) is 14.1. The molecule has 1 N–H and O–H groups in total. The largest absolute Gasteiger partial charge is 0.495 e. The molecule has 1 amide bonds. The molecule has 1 atom stereocenters. The molecule has 0 saturated carbocycles. The average molecular weight is 358 g/mol. The number of carbonyl (C=O) groups is 1. The van der Waals surface area contributed by atoms with Gasteiger partial charge in [0.15, 0.2) is 11.5 Å². The lowest BCUT2D eigenvalue weighted by atomic mass is 10.1. The highest BCUT2D eigenvalue weighted by atomic mass is 16.6. The number of fused-ring (bicyclic) bond motifs is 1. The minimum absolute atomic E-state index is 0.123. The number of benzene rings is 2. The Labute approximate surface area is 149 Å². The second kappa shape index (κ2) is 7.73. The summed E-state index contributed by atoms with van der Waals surface area (Å²) < 4.78 is 16.6. The summed E-state index contributed by atoms with van der Waals surface area (Å²) in [6, 6.07) is 11.4. The molecule has 0 bridgehead atoms. The fraction of sp³-hybridized carbons (Fsp3) is 0.278. The Kier molecular flexibility index (Phi) is 5.21. The van der Waals surface area contributed by atoms with Crippen LogP contribution in [0, 0.1) is 10.1 Å². The quantitative estimate of drug-likeness (QED) is 0.629. The number of nitrogens with one attached hydrogen (secondary N) is 1. The molecule has 8 nitrogen and oxygen atoms in total. The number of rotatable bonds is 6. The fourth-order valence-electron chi connectivity index (χ4n) is 2.62. The summed E-state index contributed by atoms with van der Waals surface area (Å²) in [6.07, 6.45) is 0.405. The smallest absolute Gasteiger partial charge is 0.271 e. The average Bonchev–Trinajstić information content (AvgIpc) is 2.66. The molecule has 2 aromatic rings. The predicted molar refractivity (Wildman–Crippen MR) is 93.9 cm³/mol. The minimum Gasteiger partial charge on any atom is -0.495 e. The first-order chi connectivity index (χ1) is 12.6. The van der Waals surface area contributed by atoms with E-state index in [1.54, 1.807) is 0 Å². The lowest BCUT2D eigenvalue weighted by Gasteiger charge is -2.26. The van der Waals surface area contributed by atoms with Crippen molar-refractivity contribution in [1.29, 1.82) is 0 Å². The van der Waals surface area contributed by atoms with Crippen molar-refractivity contribution in [2.24, 2.45) is 0 Å². The first kappa shape index (κ1) is 17.5. The summed E-state index contributed by atoms with van der Waals surface area (Å²) in [7, 11) is 1.43. The Hall–Kier alpha value is -3.29. The van der Waals surface area contributed by atoms with Gasteiger partial charge >= 0.3 is 0 Å². The van der Waals surface area contributed by atoms with E-state index >= 15 is 0 Å². The summed E-state index contributed by atoms with van der Waals surface area (Å²) >= 11 is 0. The monoisotopic (exact) mass is 358 g/mol. The molecule has 0 aliphatic carbocycles. The van der Waals surface area contributed by atoms with E-state index in [-0.39, 0.29) is 29.8 Å². The zero-order chi connectivity index (χ0) is 18.5. The maximum absolute atomic E-state index is 12.2. The van der Waals surface area contributed by atoms with Gasteiger partial charge in [-0.2, -0.15) is 0 Å². The van der Waals surface area contributed by atoms with Gasteiger partial charge in [-0.1, -0.05) is 12.1 Å². The van der Waals surface area contributed by atoms with Crippen molar-refractivity contribution in [3.63, 3.8) is 0 Å². The number of ether oxygens (including phenoxy) is 3. The van der Waals surface area contributed by atoms with Crippen molar-refractivity contribution in [2.45, 2.75) is 18.9 Å². The molecular formula is C18H18N2O6. The summed E-state index contributed by atoms with van der Waals surface area (Å²) in [4.78, 5) is 22.6. The van der Waals surface area contributed by atoms with E-state index in [2.05, 4.69) is 5.32 Å². The number of carbonyl (C=O) groups excluding carboxylic acids is 1. The molecule has 0 fully saturated rings. The molecule has 0 spiro atoms. The van der Waals surface area contributed by atoms with E-state index in [1.807, 2.05) is 24.3 Å². The van der Waals surface area contributed by atoms with Crippen LogP contribution >= 0.6 is 0 Å². The SMILES string of the molecule is COc1ccc([N+](=O)[O-])cc1NC(=O)CCC1COc2ccccc2O1. The molecule has 1 unspecified atom stereocenters. The van der Waals surface area contributed by atoms with Gasteiger partial charge in [0.25, 0.3) is 5.69 Å². The van der Waals surface area contributed by atoms with Crippen molar-refractivity contribution < 1.29 is 23.9 Å². The number of hydrogen-bond donors (Lipinski definition) is 1. The normalized spacial score (nSPS) is 15.2. The van der Waals surface area contributed by atoms with Crippen molar-refractivity contribution in [2.75, 3.05) is 19.0 Å². The number of nitro benzene ring substituents is 1. The Morgan fingerprint density at radius 3 is 2.81 bits per heavy atom. The zero-order valence-corrected chi connectivity index (χ0v) is 14.1. The van der Waals surface area contributed by atoms with Gasteiger partial charge in [-0.15, -0.1) is 0 Å². The van der Waals surface area contributed by atoms with Crippen LogP contribution in [0.25, 0.3) is 0 Å². The van der Waals surface area contributed by atoms with Crippen molar-refractivity contribution in [3.05, 3.63) is 52.6 Å². The number of nitro groups is 1. The van der Waals surface area contributed by atoms with Gasteiger partial charge < -0.3 is 19.5 Å². The molecule has 8 heteroatoms. The Balaban J connectivity index is 1.58. The Morgan fingerprint density at radius 2 is 2.08 bits per heavy atom. The van der Waals surface area contributed by atoms with Crippen LogP contribution in [0.4, 0.5) is 11.4 Å². The fourth-order valence-corrected chi connectivity index (χ4v) is 2.62. The van der Waals surface area contributed by atoms with Crippen LogP contribution in [-0.4, -0.2) is 30.7 Å². The third-order valence-electron chi connectivity index (χ3n) is 3.93. The van der Waals surface area contributed by atoms with Gasteiger partial charge in [-0.25, -0.2) is 0 Å². The third kappa shape index (κ3) is 4.02. The maximum atomic E-state index is 12.2. The van der Waals surface area contributed by atoms with Crippen LogP contribution < -0.4 is 19.5 Å².